The first kappa shape index (κ1) is 17.5. The van der Waals surface area contributed by atoms with Gasteiger partial charge >= 0.3 is 0 Å². The molecular formula is C19H22N2O3. The number of ether oxygens (including phenoxy) is 1. The van der Waals surface area contributed by atoms with Crippen molar-refractivity contribution >= 4 is 11.8 Å². The third kappa shape index (κ3) is 4.84. The fraction of sp³-hybridized carbons (Fsp3) is 0.263. The zero-order valence-electron chi connectivity index (χ0n) is 13.9. The highest BCUT2D eigenvalue weighted by molar-refractivity contribution is 5.92. The monoisotopic (exact) mass is 326 g/mol. The standard InChI is InChI=1S/C19H22N2O3/c1-3-17(14-6-4-13(2)5-7-14)21-18(22)12-24-16-10-8-15(9-11-16)19(20)23/h4-11,17H,3,12H2,1-2H3,(H2,20,23)(H,21,22). The Morgan fingerprint density at radius 1 is 1.08 bits per heavy atom. The van der Waals surface area contributed by atoms with Crippen LogP contribution in [0.4, 0.5) is 0 Å². The lowest BCUT2D eigenvalue weighted by Crippen LogP contribution is -2.32. The number of primary amides is 1. The second kappa shape index (κ2) is 8.15. The van der Waals surface area contributed by atoms with Crippen LogP contribution in [-0.2, 0) is 4.79 Å². The van der Waals surface area contributed by atoms with Gasteiger partial charge in [0.1, 0.15) is 5.75 Å². The van der Waals surface area contributed by atoms with Gasteiger partial charge in [-0.2, -0.15) is 0 Å². The van der Waals surface area contributed by atoms with Crippen molar-refractivity contribution in [3.8, 4) is 5.75 Å². The molecule has 3 N–H and O–H groups in total. The molecule has 0 heterocycles. The molecule has 0 aliphatic carbocycles. The molecular weight excluding hydrogens is 304 g/mol. The summed E-state index contributed by atoms with van der Waals surface area (Å²) in [6, 6.07) is 14.4. The minimum atomic E-state index is -0.497. The third-order valence-electron chi connectivity index (χ3n) is 3.73. The molecule has 0 fully saturated rings. The van der Waals surface area contributed by atoms with Crippen LogP contribution >= 0.6 is 0 Å². The number of carbonyl (C=O) groups excluding carboxylic acids is 2. The fourth-order valence-electron chi connectivity index (χ4n) is 2.32. The first-order valence-electron chi connectivity index (χ1n) is 7.88. The Morgan fingerprint density at radius 3 is 2.25 bits per heavy atom. The number of nitrogens with two attached hydrogens (primary N) is 1. The van der Waals surface area contributed by atoms with Crippen molar-refractivity contribution in [2.24, 2.45) is 5.73 Å². The molecule has 0 aliphatic rings. The van der Waals surface area contributed by atoms with Gasteiger partial charge < -0.3 is 15.8 Å². The van der Waals surface area contributed by atoms with E-state index >= 15 is 0 Å². The van der Waals surface area contributed by atoms with Crippen LogP contribution in [0.3, 0.4) is 0 Å². The Hall–Kier alpha value is -2.82. The van der Waals surface area contributed by atoms with Gasteiger partial charge in [-0.05, 0) is 43.2 Å². The normalized spacial score (nSPS) is 11.6. The molecule has 0 aromatic heterocycles. The highest BCUT2D eigenvalue weighted by Gasteiger charge is 2.13. The van der Waals surface area contributed by atoms with Gasteiger partial charge in [0.15, 0.2) is 6.61 Å². The Morgan fingerprint density at radius 2 is 1.71 bits per heavy atom. The molecule has 126 valence electrons. The molecule has 2 rings (SSSR count). The fourth-order valence-corrected chi connectivity index (χ4v) is 2.32. The molecule has 5 heteroatoms. The molecule has 2 amide bonds. The second-order valence-electron chi connectivity index (χ2n) is 5.62. The topological polar surface area (TPSA) is 81.4 Å². The number of hydrogen-bond acceptors (Lipinski definition) is 3. The molecule has 2 aromatic rings. The van der Waals surface area contributed by atoms with E-state index < -0.39 is 5.91 Å². The van der Waals surface area contributed by atoms with Gasteiger partial charge in [-0.15, -0.1) is 0 Å². The maximum atomic E-state index is 12.1. The molecule has 0 saturated carbocycles. The minimum absolute atomic E-state index is 0.0427. The smallest absolute Gasteiger partial charge is 0.258 e. The van der Waals surface area contributed by atoms with Crippen molar-refractivity contribution in [3.63, 3.8) is 0 Å². The molecule has 0 aliphatic heterocycles. The number of amides is 2. The first-order chi connectivity index (χ1) is 11.5. The molecule has 0 bridgehead atoms. The number of benzene rings is 2. The van der Waals surface area contributed by atoms with Crippen molar-refractivity contribution in [1.82, 2.24) is 5.32 Å². The Bertz CT molecular complexity index is 694. The molecule has 1 atom stereocenters. The van der Waals surface area contributed by atoms with Gasteiger partial charge in [-0.25, -0.2) is 0 Å². The molecule has 0 saturated heterocycles. The lowest BCUT2D eigenvalue weighted by atomic mass is 10.0. The number of aryl methyl sites for hydroxylation is 1. The maximum absolute atomic E-state index is 12.1. The molecule has 0 spiro atoms. The van der Waals surface area contributed by atoms with Crippen LogP contribution in [0.2, 0.25) is 0 Å². The zero-order chi connectivity index (χ0) is 17.5. The summed E-state index contributed by atoms with van der Waals surface area (Å²) in [6.07, 6.45) is 0.794. The van der Waals surface area contributed by atoms with Crippen LogP contribution in [0.1, 0.15) is 40.9 Å². The van der Waals surface area contributed by atoms with E-state index in [0.717, 1.165) is 12.0 Å². The Kier molecular flexibility index (Phi) is 5.95. The van der Waals surface area contributed by atoms with Gasteiger partial charge in [0.2, 0.25) is 5.91 Å². The van der Waals surface area contributed by atoms with Gasteiger partial charge in [-0.3, -0.25) is 9.59 Å². The van der Waals surface area contributed by atoms with Crippen molar-refractivity contribution in [2.75, 3.05) is 6.61 Å². The number of nitrogens with one attached hydrogen (secondary N) is 1. The highest BCUT2D eigenvalue weighted by atomic mass is 16.5. The van der Waals surface area contributed by atoms with Crippen LogP contribution in [0.15, 0.2) is 48.5 Å². The quantitative estimate of drug-likeness (QED) is 0.821. The van der Waals surface area contributed by atoms with Crippen LogP contribution in [0, 0.1) is 6.92 Å². The summed E-state index contributed by atoms with van der Waals surface area (Å²) in [5.41, 5.74) is 7.83. The number of rotatable bonds is 7. The molecule has 2 aromatic carbocycles. The van der Waals surface area contributed by atoms with Crippen molar-refractivity contribution in [3.05, 3.63) is 65.2 Å². The van der Waals surface area contributed by atoms with Crippen LogP contribution in [-0.4, -0.2) is 18.4 Å². The predicted octanol–water partition coefficient (Wildman–Crippen LogP) is 2.74. The zero-order valence-corrected chi connectivity index (χ0v) is 13.9. The van der Waals surface area contributed by atoms with Crippen molar-refractivity contribution in [1.29, 1.82) is 0 Å². The van der Waals surface area contributed by atoms with Gasteiger partial charge in [0.25, 0.3) is 5.91 Å². The SMILES string of the molecule is CCC(NC(=O)COc1ccc(C(N)=O)cc1)c1ccc(C)cc1. The van der Waals surface area contributed by atoms with E-state index in [-0.39, 0.29) is 18.6 Å². The summed E-state index contributed by atoms with van der Waals surface area (Å²) >= 11 is 0. The predicted molar refractivity (Wildman–Crippen MR) is 92.8 cm³/mol. The summed E-state index contributed by atoms with van der Waals surface area (Å²) in [4.78, 5) is 23.1. The van der Waals surface area contributed by atoms with E-state index in [9.17, 15) is 9.59 Å². The minimum Gasteiger partial charge on any atom is -0.484 e. The average molecular weight is 326 g/mol. The second-order valence-corrected chi connectivity index (χ2v) is 5.62. The van der Waals surface area contributed by atoms with E-state index in [2.05, 4.69) is 5.32 Å². The average Bonchev–Trinajstić information content (AvgIpc) is 2.59. The highest BCUT2D eigenvalue weighted by Crippen LogP contribution is 2.17. The van der Waals surface area contributed by atoms with Crippen molar-refractivity contribution < 1.29 is 14.3 Å². The molecule has 5 nitrogen and oxygen atoms in total. The Balaban J connectivity index is 1.89. The molecule has 24 heavy (non-hydrogen) atoms. The van der Waals surface area contributed by atoms with Crippen LogP contribution in [0.5, 0.6) is 5.75 Å². The first-order valence-corrected chi connectivity index (χ1v) is 7.88. The number of hydrogen-bond donors (Lipinski definition) is 2. The van der Waals surface area contributed by atoms with Crippen LogP contribution < -0.4 is 15.8 Å². The van der Waals surface area contributed by atoms with E-state index in [1.165, 1.54) is 5.56 Å². The number of carbonyl (C=O) groups is 2. The van der Waals surface area contributed by atoms with E-state index in [1.54, 1.807) is 24.3 Å². The van der Waals surface area contributed by atoms with E-state index in [0.29, 0.717) is 11.3 Å². The third-order valence-corrected chi connectivity index (χ3v) is 3.73. The summed E-state index contributed by atoms with van der Waals surface area (Å²) in [5.74, 6) is -0.178. The Labute approximate surface area is 141 Å². The molecule has 0 radical (unpaired) electrons. The maximum Gasteiger partial charge on any atom is 0.258 e. The summed E-state index contributed by atoms with van der Waals surface area (Å²) in [6.45, 7) is 3.97. The van der Waals surface area contributed by atoms with Crippen LogP contribution in [0.25, 0.3) is 0 Å². The lowest BCUT2D eigenvalue weighted by molar-refractivity contribution is -0.123. The van der Waals surface area contributed by atoms with Crippen molar-refractivity contribution in [2.45, 2.75) is 26.3 Å². The van der Waals surface area contributed by atoms with E-state index in [1.807, 2.05) is 38.1 Å². The molecule has 1 unspecified atom stereocenters. The van der Waals surface area contributed by atoms with Gasteiger partial charge in [-0.1, -0.05) is 36.8 Å². The van der Waals surface area contributed by atoms with Gasteiger partial charge in [0, 0.05) is 5.56 Å². The summed E-state index contributed by atoms with van der Waals surface area (Å²) in [7, 11) is 0. The largest absolute Gasteiger partial charge is 0.484 e. The van der Waals surface area contributed by atoms with Gasteiger partial charge in [0.05, 0.1) is 6.04 Å². The van der Waals surface area contributed by atoms with E-state index in [4.69, 9.17) is 10.5 Å². The summed E-state index contributed by atoms with van der Waals surface area (Å²) < 4.78 is 5.44. The lowest BCUT2D eigenvalue weighted by Gasteiger charge is -2.18. The summed E-state index contributed by atoms with van der Waals surface area (Å²) in [5, 5.41) is 2.96.